The first-order valence-corrected chi connectivity index (χ1v) is 6.62. The maximum Gasteiger partial charge on any atom is 0.217 e. The van der Waals surface area contributed by atoms with E-state index in [9.17, 15) is 9.90 Å². The molecule has 3 N–H and O–H groups in total. The molecule has 4 heteroatoms. The number of H-pyrrole nitrogens is 1. The lowest BCUT2D eigenvalue weighted by molar-refractivity contribution is -0.121. The summed E-state index contributed by atoms with van der Waals surface area (Å²) in [4.78, 5) is 14.8. The molecule has 3 rings (SSSR count). The summed E-state index contributed by atoms with van der Waals surface area (Å²) in [6, 6.07) is 8.18. The van der Waals surface area contributed by atoms with E-state index in [2.05, 4.69) is 22.4 Å². The van der Waals surface area contributed by atoms with Crippen molar-refractivity contribution in [1.82, 2.24) is 10.3 Å². The Morgan fingerprint density at radius 2 is 2.26 bits per heavy atom. The Kier molecular flexibility index (Phi) is 2.82. The summed E-state index contributed by atoms with van der Waals surface area (Å²) in [5.74, 6) is -0.0858. The SMILES string of the molecule is CC(=O)NC1(CO)CCc2[nH]c3ccccc3c2C1. The van der Waals surface area contributed by atoms with Crippen LogP contribution >= 0.6 is 0 Å². The van der Waals surface area contributed by atoms with Gasteiger partial charge in [-0.3, -0.25) is 4.79 Å². The Labute approximate surface area is 111 Å². The number of rotatable bonds is 2. The molecule has 100 valence electrons. The van der Waals surface area contributed by atoms with Crippen molar-refractivity contribution >= 4 is 16.8 Å². The highest BCUT2D eigenvalue weighted by Crippen LogP contribution is 2.33. The zero-order valence-corrected chi connectivity index (χ0v) is 11.0. The van der Waals surface area contributed by atoms with E-state index in [1.54, 1.807) is 0 Å². The fraction of sp³-hybridized carbons (Fsp3) is 0.400. The second kappa shape index (κ2) is 4.38. The van der Waals surface area contributed by atoms with Gasteiger partial charge < -0.3 is 15.4 Å². The molecule has 1 heterocycles. The van der Waals surface area contributed by atoms with Crippen LogP contribution < -0.4 is 5.32 Å². The average molecular weight is 258 g/mol. The van der Waals surface area contributed by atoms with Crippen LogP contribution in [0.15, 0.2) is 24.3 Å². The number of aryl methyl sites for hydroxylation is 1. The number of carbonyl (C=O) groups is 1. The normalized spacial score (nSPS) is 22.2. The summed E-state index contributed by atoms with van der Waals surface area (Å²) in [5.41, 5.74) is 3.08. The first-order chi connectivity index (χ1) is 9.13. The van der Waals surface area contributed by atoms with E-state index in [4.69, 9.17) is 0 Å². The summed E-state index contributed by atoms with van der Waals surface area (Å²) in [7, 11) is 0. The Morgan fingerprint density at radius 1 is 1.47 bits per heavy atom. The van der Waals surface area contributed by atoms with Crippen molar-refractivity contribution in [1.29, 1.82) is 0 Å². The van der Waals surface area contributed by atoms with E-state index in [1.165, 1.54) is 23.6 Å². The van der Waals surface area contributed by atoms with Crippen LogP contribution in [0.1, 0.15) is 24.6 Å². The quantitative estimate of drug-likeness (QED) is 0.764. The van der Waals surface area contributed by atoms with Crippen molar-refractivity contribution in [2.75, 3.05) is 6.61 Å². The molecule has 1 aromatic heterocycles. The maximum absolute atomic E-state index is 11.4. The highest BCUT2D eigenvalue weighted by Gasteiger charge is 2.36. The van der Waals surface area contributed by atoms with Crippen LogP contribution in [0.3, 0.4) is 0 Å². The van der Waals surface area contributed by atoms with E-state index >= 15 is 0 Å². The van der Waals surface area contributed by atoms with Gasteiger partial charge in [-0.05, 0) is 24.5 Å². The van der Waals surface area contributed by atoms with Crippen molar-refractivity contribution in [2.45, 2.75) is 31.7 Å². The molecule has 1 unspecified atom stereocenters. The number of amides is 1. The summed E-state index contributed by atoms with van der Waals surface area (Å²) in [6.45, 7) is 1.48. The largest absolute Gasteiger partial charge is 0.394 e. The molecule has 0 saturated heterocycles. The minimum Gasteiger partial charge on any atom is -0.394 e. The Bertz CT molecular complexity index is 632. The van der Waals surface area contributed by atoms with E-state index in [0.717, 1.165) is 18.4 Å². The van der Waals surface area contributed by atoms with Gasteiger partial charge >= 0.3 is 0 Å². The number of para-hydroxylation sites is 1. The Morgan fingerprint density at radius 3 is 3.00 bits per heavy atom. The standard InChI is InChI=1S/C15H18N2O2/c1-10(19)17-15(9-18)7-6-14-12(8-15)11-4-2-3-5-13(11)16-14/h2-5,16,18H,6-9H2,1H3,(H,17,19). The summed E-state index contributed by atoms with van der Waals surface area (Å²) in [5, 5.41) is 13.8. The Balaban J connectivity index is 2.04. The van der Waals surface area contributed by atoms with Crippen LogP contribution in [0.25, 0.3) is 10.9 Å². The van der Waals surface area contributed by atoms with E-state index in [-0.39, 0.29) is 12.5 Å². The van der Waals surface area contributed by atoms with Gasteiger partial charge in [-0.1, -0.05) is 18.2 Å². The number of fused-ring (bicyclic) bond motifs is 3. The summed E-state index contributed by atoms with van der Waals surface area (Å²) >= 11 is 0. The van der Waals surface area contributed by atoms with Gasteiger partial charge in [-0.2, -0.15) is 0 Å². The van der Waals surface area contributed by atoms with Gasteiger partial charge in [-0.15, -0.1) is 0 Å². The third kappa shape index (κ3) is 2.02. The highest BCUT2D eigenvalue weighted by molar-refractivity contribution is 5.85. The maximum atomic E-state index is 11.4. The van der Waals surface area contributed by atoms with Gasteiger partial charge in [0.05, 0.1) is 12.1 Å². The fourth-order valence-corrected chi connectivity index (χ4v) is 3.12. The third-order valence-electron chi connectivity index (χ3n) is 4.01. The number of hydrogen-bond donors (Lipinski definition) is 3. The molecule has 1 atom stereocenters. The summed E-state index contributed by atoms with van der Waals surface area (Å²) < 4.78 is 0. The molecule has 1 amide bonds. The molecule has 0 spiro atoms. The molecule has 0 bridgehead atoms. The van der Waals surface area contributed by atoms with Gasteiger partial charge in [0.25, 0.3) is 0 Å². The molecule has 0 aliphatic heterocycles. The molecule has 1 aliphatic rings. The second-order valence-corrected chi connectivity index (χ2v) is 5.42. The number of aliphatic hydroxyl groups excluding tert-OH is 1. The number of hydrogen-bond acceptors (Lipinski definition) is 2. The van der Waals surface area contributed by atoms with Gasteiger partial charge in [-0.25, -0.2) is 0 Å². The molecular formula is C15H18N2O2. The molecule has 2 aromatic rings. The van der Waals surface area contributed by atoms with Crippen LogP contribution in [0.5, 0.6) is 0 Å². The monoisotopic (exact) mass is 258 g/mol. The smallest absolute Gasteiger partial charge is 0.217 e. The van der Waals surface area contributed by atoms with Crippen molar-refractivity contribution < 1.29 is 9.90 Å². The predicted molar refractivity (Wildman–Crippen MR) is 74.0 cm³/mol. The Hall–Kier alpha value is -1.81. The first kappa shape index (κ1) is 12.2. The second-order valence-electron chi connectivity index (χ2n) is 5.42. The van der Waals surface area contributed by atoms with Gasteiger partial charge in [0.1, 0.15) is 0 Å². The number of aliphatic hydroxyl groups is 1. The average Bonchev–Trinajstić information content (AvgIpc) is 2.76. The van der Waals surface area contributed by atoms with Crippen molar-refractivity contribution in [3.05, 3.63) is 35.5 Å². The summed E-state index contributed by atoms with van der Waals surface area (Å²) in [6.07, 6.45) is 2.30. The number of aromatic amines is 1. The molecular weight excluding hydrogens is 240 g/mol. The lowest BCUT2D eigenvalue weighted by Crippen LogP contribution is -2.54. The third-order valence-corrected chi connectivity index (χ3v) is 4.01. The highest BCUT2D eigenvalue weighted by atomic mass is 16.3. The lowest BCUT2D eigenvalue weighted by Gasteiger charge is -2.36. The van der Waals surface area contributed by atoms with Crippen LogP contribution in [-0.4, -0.2) is 28.1 Å². The zero-order chi connectivity index (χ0) is 13.5. The number of nitrogens with one attached hydrogen (secondary N) is 2. The first-order valence-electron chi connectivity index (χ1n) is 6.62. The number of carbonyl (C=O) groups excluding carboxylic acids is 1. The molecule has 1 aromatic carbocycles. The van der Waals surface area contributed by atoms with E-state index in [0.29, 0.717) is 6.42 Å². The van der Waals surface area contributed by atoms with Crippen molar-refractivity contribution in [3.8, 4) is 0 Å². The zero-order valence-electron chi connectivity index (χ0n) is 11.0. The molecule has 19 heavy (non-hydrogen) atoms. The van der Waals surface area contributed by atoms with Crippen molar-refractivity contribution in [2.24, 2.45) is 0 Å². The van der Waals surface area contributed by atoms with Crippen molar-refractivity contribution in [3.63, 3.8) is 0 Å². The van der Waals surface area contributed by atoms with E-state index < -0.39 is 5.54 Å². The molecule has 0 fully saturated rings. The van der Waals surface area contributed by atoms with E-state index in [1.807, 2.05) is 12.1 Å². The molecule has 1 aliphatic carbocycles. The molecule has 0 radical (unpaired) electrons. The minimum atomic E-state index is -0.510. The van der Waals surface area contributed by atoms with Gasteiger partial charge in [0, 0.05) is 29.9 Å². The van der Waals surface area contributed by atoms with Crippen LogP contribution in [0.2, 0.25) is 0 Å². The predicted octanol–water partition coefficient (Wildman–Crippen LogP) is 1.52. The molecule has 4 nitrogen and oxygen atoms in total. The lowest BCUT2D eigenvalue weighted by atomic mass is 9.80. The minimum absolute atomic E-state index is 0.0223. The van der Waals surface area contributed by atoms with Crippen LogP contribution in [0, 0.1) is 0 Å². The van der Waals surface area contributed by atoms with Gasteiger partial charge in [0.15, 0.2) is 0 Å². The fourth-order valence-electron chi connectivity index (χ4n) is 3.12. The topological polar surface area (TPSA) is 65.1 Å². The van der Waals surface area contributed by atoms with Crippen LogP contribution in [-0.2, 0) is 17.6 Å². The molecule has 0 saturated carbocycles. The number of benzene rings is 1. The number of aromatic nitrogens is 1. The van der Waals surface area contributed by atoms with Gasteiger partial charge in [0.2, 0.25) is 5.91 Å². The van der Waals surface area contributed by atoms with Crippen LogP contribution in [0.4, 0.5) is 0 Å².